The van der Waals surface area contributed by atoms with E-state index in [2.05, 4.69) is 9.82 Å². The molecule has 0 fully saturated rings. The Labute approximate surface area is 141 Å². The number of benzene rings is 1. The highest BCUT2D eigenvalue weighted by Crippen LogP contribution is 2.28. The van der Waals surface area contributed by atoms with Gasteiger partial charge in [0.2, 0.25) is 15.9 Å². The van der Waals surface area contributed by atoms with Gasteiger partial charge in [0.15, 0.2) is 0 Å². The molecule has 0 saturated carbocycles. The van der Waals surface area contributed by atoms with Crippen molar-refractivity contribution in [3.8, 4) is 0 Å². The van der Waals surface area contributed by atoms with Crippen molar-refractivity contribution < 1.29 is 13.2 Å². The minimum absolute atomic E-state index is 0.0508. The molecule has 2 heterocycles. The number of fused-ring (bicyclic) bond motifs is 1. The number of nitrogens with zero attached hydrogens (tertiary/aromatic N) is 3. The molecule has 128 valence electrons. The van der Waals surface area contributed by atoms with Gasteiger partial charge >= 0.3 is 0 Å². The number of hydrogen-bond donors (Lipinski definition) is 1. The smallest absolute Gasteiger partial charge is 0.240 e. The molecule has 1 N–H and O–H groups in total. The second kappa shape index (κ2) is 6.74. The van der Waals surface area contributed by atoms with E-state index in [0.29, 0.717) is 32.4 Å². The Bertz CT molecular complexity index is 831. The minimum atomic E-state index is -3.55. The average molecular weight is 348 g/mol. The molecule has 1 amide bonds. The molecular weight excluding hydrogens is 328 g/mol. The largest absolute Gasteiger partial charge is 0.315 e. The zero-order valence-electron chi connectivity index (χ0n) is 13.5. The van der Waals surface area contributed by atoms with Crippen molar-refractivity contribution in [3.63, 3.8) is 0 Å². The molecule has 0 unspecified atom stereocenters. The Morgan fingerprint density at radius 1 is 1.29 bits per heavy atom. The summed E-state index contributed by atoms with van der Waals surface area (Å²) in [6.45, 7) is 1.00. The predicted molar refractivity (Wildman–Crippen MR) is 90.2 cm³/mol. The minimum Gasteiger partial charge on any atom is -0.315 e. The van der Waals surface area contributed by atoms with Crippen LogP contribution in [0, 0.1) is 0 Å². The van der Waals surface area contributed by atoms with Gasteiger partial charge in [0.25, 0.3) is 0 Å². The van der Waals surface area contributed by atoms with Gasteiger partial charge in [0.05, 0.1) is 4.90 Å². The molecule has 1 aromatic heterocycles. The van der Waals surface area contributed by atoms with Gasteiger partial charge in [-0.05, 0) is 42.7 Å². The fraction of sp³-hybridized carbons (Fsp3) is 0.375. The van der Waals surface area contributed by atoms with Crippen molar-refractivity contribution in [1.82, 2.24) is 14.5 Å². The highest BCUT2D eigenvalue weighted by Gasteiger charge is 2.23. The lowest BCUT2D eigenvalue weighted by molar-refractivity contribution is -0.118. The highest BCUT2D eigenvalue weighted by molar-refractivity contribution is 7.89. The van der Waals surface area contributed by atoms with E-state index in [4.69, 9.17) is 0 Å². The van der Waals surface area contributed by atoms with Gasteiger partial charge in [-0.2, -0.15) is 5.10 Å². The van der Waals surface area contributed by atoms with Crippen LogP contribution in [0.4, 0.5) is 5.69 Å². The number of hydrogen-bond acceptors (Lipinski definition) is 4. The molecule has 3 rings (SSSR count). The fourth-order valence-electron chi connectivity index (χ4n) is 2.76. The number of aryl methyl sites for hydroxylation is 2. The third-order valence-corrected chi connectivity index (χ3v) is 5.58. The van der Waals surface area contributed by atoms with Gasteiger partial charge in [-0.15, -0.1) is 0 Å². The van der Waals surface area contributed by atoms with Crippen LogP contribution >= 0.6 is 0 Å². The number of carbonyl (C=O) groups is 1. The summed E-state index contributed by atoms with van der Waals surface area (Å²) in [6, 6.07) is 6.74. The van der Waals surface area contributed by atoms with E-state index < -0.39 is 10.0 Å². The maximum absolute atomic E-state index is 12.4. The van der Waals surface area contributed by atoms with Gasteiger partial charge < -0.3 is 4.90 Å². The second-order valence-electron chi connectivity index (χ2n) is 5.76. The molecule has 2 aromatic rings. The van der Waals surface area contributed by atoms with Gasteiger partial charge in [0.1, 0.15) is 0 Å². The van der Waals surface area contributed by atoms with E-state index in [1.807, 2.05) is 12.3 Å². The van der Waals surface area contributed by atoms with Crippen LogP contribution < -0.4 is 9.62 Å². The van der Waals surface area contributed by atoms with Gasteiger partial charge in [-0.1, -0.05) is 0 Å². The van der Waals surface area contributed by atoms with Crippen LogP contribution in [0.5, 0.6) is 0 Å². The maximum Gasteiger partial charge on any atom is 0.240 e. The van der Waals surface area contributed by atoms with Crippen molar-refractivity contribution in [2.24, 2.45) is 0 Å². The average Bonchev–Trinajstić information content (AvgIpc) is 3.08. The van der Waals surface area contributed by atoms with Crippen molar-refractivity contribution >= 4 is 21.6 Å². The normalized spacial score (nSPS) is 14.7. The molecule has 8 heteroatoms. The molecule has 0 aliphatic carbocycles. The lowest BCUT2D eigenvalue weighted by atomic mass is 10.0. The Hall–Kier alpha value is -2.19. The SMILES string of the molecule is CN1C(=O)CCc2cc(S(=O)(=O)NCCCn3cccn3)ccc21. The first-order valence-corrected chi connectivity index (χ1v) is 9.32. The molecule has 1 aliphatic rings. The molecule has 1 aromatic carbocycles. The standard InChI is InChI=1S/C16H20N4O3S/c1-19-15-6-5-14(12-13(15)4-7-16(19)21)24(22,23)18-9-3-11-20-10-2-8-17-20/h2,5-6,8,10,12,18H,3-4,7,9,11H2,1H3. The third kappa shape index (κ3) is 3.49. The van der Waals surface area contributed by atoms with Crippen LogP contribution in [0.25, 0.3) is 0 Å². The summed E-state index contributed by atoms with van der Waals surface area (Å²) in [7, 11) is -1.84. The monoisotopic (exact) mass is 348 g/mol. The topological polar surface area (TPSA) is 84.3 Å². The number of amides is 1. The second-order valence-corrected chi connectivity index (χ2v) is 7.53. The first-order chi connectivity index (χ1) is 11.5. The van der Waals surface area contributed by atoms with Gasteiger partial charge in [-0.25, -0.2) is 13.1 Å². The molecule has 0 bridgehead atoms. The lowest BCUT2D eigenvalue weighted by Crippen LogP contribution is -2.31. The molecular formula is C16H20N4O3S. The number of aromatic nitrogens is 2. The zero-order chi connectivity index (χ0) is 17.2. The summed E-state index contributed by atoms with van der Waals surface area (Å²) >= 11 is 0. The quantitative estimate of drug-likeness (QED) is 0.794. The molecule has 0 radical (unpaired) electrons. The van der Waals surface area contributed by atoms with E-state index in [-0.39, 0.29) is 10.8 Å². The molecule has 7 nitrogen and oxygen atoms in total. The van der Waals surface area contributed by atoms with Gasteiger partial charge in [0, 0.05) is 44.6 Å². The van der Waals surface area contributed by atoms with E-state index >= 15 is 0 Å². The lowest BCUT2D eigenvalue weighted by Gasteiger charge is -2.26. The first kappa shape index (κ1) is 16.7. The molecule has 0 spiro atoms. The Kier molecular flexibility index (Phi) is 4.68. The summed E-state index contributed by atoms with van der Waals surface area (Å²) in [6.07, 6.45) is 5.17. The first-order valence-electron chi connectivity index (χ1n) is 7.84. The van der Waals surface area contributed by atoms with E-state index in [1.54, 1.807) is 41.0 Å². The van der Waals surface area contributed by atoms with Crippen LogP contribution in [-0.4, -0.2) is 37.7 Å². The molecule has 0 atom stereocenters. The van der Waals surface area contributed by atoms with E-state index in [9.17, 15) is 13.2 Å². The molecule has 24 heavy (non-hydrogen) atoms. The van der Waals surface area contributed by atoms with Crippen LogP contribution in [0.3, 0.4) is 0 Å². The highest BCUT2D eigenvalue weighted by atomic mass is 32.2. The number of nitrogens with one attached hydrogen (secondary N) is 1. The molecule has 0 saturated heterocycles. The van der Waals surface area contributed by atoms with E-state index in [0.717, 1.165) is 11.3 Å². The number of carbonyl (C=O) groups excluding carboxylic acids is 1. The maximum atomic E-state index is 12.4. The number of rotatable bonds is 6. The summed E-state index contributed by atoms with van der Waals surface area (Å²) in [5, 5.41) is 4.08. The van der Waals surface area contributed by atoms with Crippen LogP contribution in [-0.2, 0) is 27.8 Å². The van der Waals surface area contributed by atoms with Gasteiger partial charge in [-0.3, -0.25) is 9.48 Å². The van der Waals surface area contributed by atoms with E-state index in [1.165, 1.54) is 0 Å². The number of anilines is 1. The summed E-state index contributed by atoms with van der Waals surface area (Å²) in [5.41, 5.74) is 1.67. The fourth-order valence-corrected chi connectivity index (χ4v) is 3.89. The van der Waals surface area contributed by atoms with Crippen molar-refractivity contribution in [2.75, 3.05) is 18.5 Å². The van der Waals surface area contributed by atoms with Crippen molar-refractivity contribution in [3.05, 3.63) is 42.2 Å². The van der Waals surface area contributed by atoms with Crippen molar-refractivity contribution in [2.45, 2.75) is 30.7 Å². The number of sulfonamides is 1. The summed E-state index contributed by atoms with van der Waals surface area (Å²) in [5.74, 6) is 0.0508. The van der Waals surface area contributed by atoms with Crippen LogP contribution in [0.1, 0.15) is 18.4 Å². The third-order valence-electron chi connectivity index (χ3n) is 4.12. The zero-order valence-corrected chi connectivity index (χ0v) is 14.3. The predicted octanol–water partition coefficient (Wildman–Crippen LogP) is 1.16. The Morgan fingerprint density at radius 2 is 2.12 bits per heavy atom. The van der Waals surface area contributed by atoms with Crippen LogP contribution in [0.2, 0.25) is 0 Å². The Balaban J connectivity index is 1.65. The summed E-state index contributed by atoms with van der Waals surface area (Å²) < 4.78 is 29.2. The Morgan fingerprint density at radius 3 is 2.88 bits per heavy atom. The van der Waals surface area contributed by atoms with Crippen molar-refractivity contribution in [1.29, 1.82) is 0 Å². The summed E-state index contributed by atoms with van der Waals surface area (Å²) in [4.78, 5) is 13.5. The molecule has 1 aliphatic heterocycles. The van der Waals surface area contributed by atoms with Crippen LogP contribution in [0.15, 0.2) is 41.6 Å².